The molecule has 0 radical (unpaired) electrons. The molecule has 148 valence electrons. The zero-order valence-corrected chi connectivity index (χ0v) is 17.2. The van der Waals surface area contributed by atoms with E-state index in [-0.39, 0.29) is 0 Å². The Morgan fingerprint density at radius 1 is 1.07 bits per heavy atom. The molecule has 0 unspecified atom stereocenters. The topological polar surface area (TPSA) is 75.9 Å². The Bertz CT molecular complexity index is 884. The molecule has 1 aromatic carbocycles. The molecule has 1 aliphatic heterocycles. The van der Waals surface area contributed by atoms with Crippen molar-refractivity contribution in [3.8, 4) is 5.75 Å². The summed E-state index contributed by atoms with van der Waals surface area (Å²) in [6, 6.07) is 5.47. The molecule has 8 heteroatoms. The molecule has 0 amide bonds. The number of hydrogen-bond acceptors (Lipinski definition) is 6. The second-order valence-corrected chi connectivity index (χ2v) is 8.93. The number of hydrogen-bond donors (Lipinski definition) is 0. The van der Waals surface area contributed by atoms with Crippen molar-refractivity contribution in [3.05, 3.63) is 40.8 Å². The average Bonchev–Trinajstić information content (AvgIpc) is 2.86. The van der Waals surface area contributed by atoms with E-state index in [1.807, 2.05) is 26.8 Å². The molecule has 0 saturated carbocycles. The highest BCUT2D eigenvalue weighted by Gasteiger charge is 2.30. The Labute approximate surface area is 160 Å². The molecule has 0 spiro atoms. The number of methoxy groups -OCH3 is 1. The van der Waals surface area contributed by atoms with Gasteiger partial charge in [-0.25, -0.2) is 8.42 Å². The molecule has 0 N–H and O–H groups in total. The van der Waals surface area contributed by atoms with Crippen LogP contribution < -0.4 is 4.74 Å². The lowest BCUT2D eigenvalue weighted by molar-refractivity contribution is 0.268. The summed E-state index contributed by atoms with van der Waals surface area (Å²) in [7, 11) is -1.96. The van der Waals surface area contributed by atoms with Gasteiger partial charge >= 0.3 is 0 Å². The maximum absolute atomic E-state index is 13.3. The molecule has 0 atom stereocenters. The van der Waals surface area contributed by atoms with Crippen LogP contribution in [0, 0.1) is 20.8 Å². The third-order valence-electron chi connectivity index (χ3n) is 4.88. The summed E-state index contributed by atoms with van der Waals surface area (Å²) in [4.78, 5) is 2.62. The number of aromatic nitrogens is 1. The van der Waals surface area contributed by atoms with Crippen LogP contribution in [0.25, 0.3) is 0 Å². The lowest BCUT2D eigenvalue weighted by atomic mass is 10.1. The van der Waals surface area contributed by atoms with Gasteiger partial charge in [0.25, 0.3) is 0 Å². The molecule has 27 heavy (non-hydrogen) atoms. The van der Waals surface area contributed by atoms with E-state index in [4.69, 9.17) is 9.26 Å². The molecule has 0 bridgehead atoms. The van der Waals surface area contributed by atoms with Gasteiger partial charge in [-0.05, 0) is 57.0 Å². The van der Waals surface area contributed by atoms with Crippen LogP contribution in [-0.4, -0.2) is 56.1 Å². The number of aryl methyl sites for hydroxylation is 3. The third kappa shape index (κ3) is 4.34. The van der Waals surface area contributed by atoms with Crippen LogP contribution in [-0.2, 0) is 16.6 Å². The maximum atomic E-state index is 13.3. The van der Waals surface area contributed by atoms with Crippen molar-refractivity contribution in [3.63, 3.8) is 0 Å². The SMILES string of the molecule is COc1cc(C)c(S(=O)(=O)N2CCCN(Cc3cc(C)on3)CC2)c(C)c1. The zero-order chi connectivity index (χ0) is 19.6. The van der Waals surface area contributed by atoms with Crippen molar-refractivity contribution in [1.82, 2.24) is 14.4 Å². The summed E-state index contributed by atoms with van der Waals surface area (Å²) in [6.07, 6.45) is 0.782. The van der Waals surface area contributed by atoms with Crippen molar-refractivity contribution in [2.75, 3.05) is 33.3 Å². The molecule has 2 heterocycles. The first-order valence-electron chi connectivity index (χ1n) is 9.11. The molecule has 2 aromatic rings. The number of sulfonamides is 1. The van der Waals surface area contributed by atoms with Gasteiger partial charge in [0.05, 0.1) is 17.7 Å². The van der Waals surface area contributed by atoms with E-state index in [1.54, 1.807) is 23.5 Å². The van der Waals surface area contributed by atoms with Crippen LogP contribution in [0.2, 0.25) is 0 Å². The summed E-state index contributed by atoms with van der Waals surface area (Å²) in [5, 5.41) is 4.03. The predicted molar refractivity (Wildman–Crippen MR) is 102 cm³/mol. The van der Waals surface area contributed by atoms with Gasteiger partial charge in [0.1, 0.15) is 11.5 Å². The summed E-state index contributed by atoms with van der Waals surface area (Å²) < 4.78 is 38.6. The molecular weight excluding hydrogens is 366 g/mol. The van der Waals surface area contributed by atoms with E-state index in [1.165, 1.54) is 0 Å². The summed E-state index contributed by atoms with van der Waals surface area (Å²) in [5.74, 6) is 1.46. The van der Waals surface area contributed by atoms with Crippen LogP contribution in [0.1, 0.15) is 29.0 Å². The standard InChI is InChI=1S/C19H27N3O4S/c1-14-10-18(25-4)11-15(2)19(14)27(23,24)22-7-5-6-21(8-9-22)13-17-12-16(3)26-20-17/h10-12H,5-9,13H2,1-4H3. The van der Waals surface area contributed by atoms with Gasteiger partial charge < -0.3 is 9.26 Å². The van der Waals surface area contributed by atoms with Gasteiger partial charge in [-0.3, -0.25) is 4.90 Å². The Morgan fingerprint density at radius 2 is 1.78 bits per heavy atom. The van der Waals surface area contributed by atoms with Crippen molar-refractivity contribution < 1.29 is 17.7 Å². The molecular formula is C19H27N3O4S. The molecule has 3 rings (SSSR count). The van der Waals surface area contributed by atoms with Crippen LogP contribution in [0.15, 0.2) is 27.6 Å². The van der Waals surface area contributed by atoms with Crippen LogP contribution in [0.5, 0.6) is 5.75 Å². The number of benzene rings is 1. The van der Waals surface area contributed by atoms with E-state index in [0.717, 1.165) is 24.4 Å². The van der Waals surface area contributed by atoms with Crippen molar-refractivity contribution in [2.24, 2.45) is 0 Å². The first-order valence-corrected chi connectivity index (χ1v) is 10.5. The zero-order valence-electron chi connectivity index (χ0n) is 16.4. The smallest absolute Gasteiger partial charge is 0.243 e. The first-order chi connectivity index (χ1) is 12.8. The van der Waals surface area contributed by atoms with Crippen LogP contribution >= 0.6 is 0 Å². The minimum Gasteiger partial charge on any atom is -0.497 e. The van der Waals surface area contributed by atoms with E-state index >= 15 is 0 Å². The van der Waals surface area contributed by atoms with Crippen molar-refractivity contribution in [2.45, 2.75) is 38.6 Å². The number of nitrogens with zero attached hydrogens (tertiary/aromatic N) is 3. The van der Waals surface area contributed by atoms with Gasteiger partial charge in [0.2, 0.25) is 10.0 Å². The molecule has 7 nitrogen and oxygen atoms in total. The van der Waals surface area contributed by atoms with Crippen LogP contribution in [0.3, 0.4) is 0 Å². The third-order valence-corrected chi connectivity index (χ3v) is 7.08. The molecule has 0 aliphatic carbocycles. The monoisotopic (exact) mass is 393 g/mol. The van der Waals surface area contributed by atoms with Gasteiger partial charge in [0.15, 0.2) is 0 Å². The summed E-state index contributed by atoms with van der Waals surface area (Å²) in [6.45, 7) is 8.65. The van der Waals surface area contributed by atoms with Gasteiger partial charge in [-0.1, -0.05) is 5.16 Å². The number of rotatable bonds is 5. The highest BCUT2D eigenvalue weighted by atomic mass is 32.2. The first kappa shape index (κ1) is 19.9. The van der Waals surface area contributed by atoms with Gasteiger partial charge in [-0.15, -0.1) is 0 Å². The highest BCUT2D eigenvalue weighted by Crippen LogP contribution is 2.28. The second-order valence-electron chi connectivity index (χ2n) is 7.05. The Hall–Kier alpha value is -1.90. The lowest BCUT2D eigenvalue weighted by Crippen LogP contribution is -2.35. The fourth-order valence-electron chi connectivity index (χ4n) is 3.63. The fraction of sp³-hybridized carbons (Fsp3) is 0.526. The minimum atomic E-state index is -3.55. The van der Waals surface area contributed by atoms with E-state index < -0.39 is 10.0 Å². The molecule has 1 fully saturated rings. The highest BCUT2D eigenvalue weighted by molar-refractivity contribution is 7.89. The maximum Gasteiger partial charge on any atom is 0.243 e. The Balaban J connectivity index is 1.76. The summed E-state index contributed by atoms with van der Waals surface area (Å²) >= 11 is 0. The van der Waals surface area contributed by atoms with E-state index in [0.29, 0.717) is 48.0 Å². The second kappa shape index (κ2) is 8.00. The molecule has 1 aliphatic rings. The predicted octanol–water partition coefficient (Wildman–Crippen LogP) is 2.51. The van der Waals surface area contributed by atoms with E-state index in [2.05, 4.69) is 10.1 Å². The minimum absolute atomic E-state index is 0.392. The van der Waals surface area contributed by atoms with Crippen molar-refractivity contribution in [1.29, 1.82) is 0 Å². The van der Waals surface area contributed by atoms with E-state index in [9.17, 15) is 8.42 Å². The largest absolute Gasteiger partial charge is 0.497 e. The average molecular weight is 394 g/mol. The molecule has 1 saturated heterocycles. The number of ether oxygens (including phenoxy) is 1. The summed E-state index contributed by atoms with van der Waals surface area (Å²) in [5.41, 5.74) is 2.31. The normalized spacial score (nSPS) is 17.0. The fourth-order valence-corrected chi connectivity index (χ4v) is 5.51. The van der Waals surface area contributed by atoms with Crippen LogP contribution in [0.4, 0.5) is 0 Å². The quantitative estimate of drug-likeness (QED) is 0.777. The van der Waals surface area contributed by atoms with Gasteiger partial charge in [0, 0.05) is 32.2 Å². The Morgan fingerprint density at radius 3 is 2.37 bits per heavy atom. The molecule has 1 aromatic heterocycles. The van der Waals surface area contributed by atoms with Crippen molar-refractivity contribution >= 4 is 10.0 Å². The Kier molecular flexibility index (Phi) is 5.88. The van der Waals surface area contributed by atoms with Gasteiger partial charge in [-0.2, -0.15) is 4.31 Å². The lowest BCUT2D eigenvalue weighted by Gasteiger charge is -2.23.